The Morgan fingerprint density at radius 1 is 1.12 bits per heavy atom. The van der Waals surface area contributed by atoms with E-state index in [-0.39, 0.29) is 11.7 Å². The molecule has 0 saturated heterocycles. The summed E-state index contributed by atoms with van der Waals surface area (Å²) in [6.45, 7) is 2.74. The summed E-state index contributed by atoms with van der Waals surface area (Å²) in [5.41, 5.74) is 9.81. The quantitative estimate of drug-likeness (QED) is 0.294. The zero-order chi connectivity index (χ0) is 23.2. The molecule has 0 radical (unpaired) electrons. The van der Waals surface area contributed by atoms with E-state index in [2.05, 4.69) is 17.3 Å². The average molecular weight is 445 g/mol. The molecule has 2 heterocycles. The van der Waals surface area contributed by atoms with E-state index in [1.54, 1.807) is 13.3 Å². The number of unbranched alkanes of at least 4 members (excludes halogenated alkanes) is 3. The van der Waals surface area contributed by atoms with Gasteiger partial charge in [0.25, 0.3) is 5.91 Å². The minimum Gasteiger partial charge on any atom is -0.497 e. The minimum atomic E-state index is -0.270. The van der Waals surface area contributed by atoms with Crippen molar-refractivity contribution < 1.29 is 9.53 Å². The largest absolute Gasteiger partial charge is 0.497 e. The molecule has 170 valence electrons. The first-order chi connectivity index (χ1) is 16.1. The molecular formula is C25H28N6O2. The van der Waals surface area contributed by atoms with E-state index in [1.807, 2.05) is 48.5 Å². The van der Waals surface area contributed by atoms with Gasteiger partial charge in [-0.25, -0.2) is 9.97 Å². The third kappa shape index (κ3) is 4.79. The van der Waals surface area contributed by atoms with Crippen LogP contribution in [0.3, 0.4) is 0 Å². The second kappa shape index (κ2) is 10.1. The second-order valence-electron chi connectivity index (χ2n) is 7.79. The van der Waals surface area contributed by atoms with Crippen molar-refractivity contribution in [2.75, 3.05) is 19.4 Å². The van der Waals surface area contributed by atoms with Gasteiger partial charge < -0.3 is 15.8 Å². The number of benzene rings is 2. The molecule has 0 aliphatic carbocycles. The van der Waals surface area contributed by atoms with Crippen LogP contribution < -0.4 is 15.8 Å². The number of fused-ring (bicyclic) bond motifs is 2. The number of anilines is 1. The molecule has 2 aromatic heterocycles. The van der Waals surface area contributed by atoms with Gasteiger partial charge in [0.05, 0.1) is 24.4 Å². The van der Waals surface area contributed by atoms with Gasteiger partial charge in [-0.3, -0.25) is 4.79 Å². The number of carbonyl (C=O) groups is 1. The lowest BCUT2D eigenvalue weighted by atomic mass is 10.2. The Balaban J connectivity index is 1.75. The Labute approximate surface area is 192 Å². The number of ether oxygens (including phenoxy) is 1. The summed E-state index contributed by atoms with van der Waals surface area (Å²) in [6.07, 6.45) is 5.93. The predicted molar refractivity (Wildman–Crippen MR) is 132 cm³/mol. The highest BCUT2D eigenvalue weighted by Gasteiger charge is 2.23. The predicted octanol–water partition coefficient (Wildman–Crippen LogP) is 4.37. The molecule has 0 spiro atoms. The van der Waals surface area contributed by atoms with Crippen LogP contribution in [0.15, 0.2) is 53.6 Å². The van der Waals surface area contributed by atoms with Gasteiger partial charge in [-0.2, -0.15) is 9.78 Å². The van der Waals surface area contributed by atoms with Gasteiger partial charge in [0.2, 0.25) is 0 Å². The van der Waals surface area contributed by atoms with Crippen molar-refractivity contribution in [1.82, 2.24) is 20.0 Å². The van der Waals surface area contributed by atoms with E-state index in [1.165, 1.54) is 4.68 Å². The van der Waals surface area contributed by atoms with Crippen LogP contribution in [0.5, 0.6) is 5.75 Å². The molecule has 8 heteroatoms. The fourth-order valence-electron chi connectivity index (χ4n) is 3.68. The van der Waals surface area contributed by atoms with Crippen molar-refractivity contribution in [3.05, 3.63) is 59.7 Å². The fraction of sp³-hybridized carbons (Fsp3) is 0.280. The molecule has 4 rings (SSSR count). The van der Waals surface area contributed by atoms with Gasteiger partial charge in [0, 0.05) is 6.54 Å². The number of hydrogen-bond donors (Lipinski definition) is 2. The highest BCUT2D eigenvalue weighted by atomic mass is 16.5. The number of carbonyl (C=O) groups excluding carboxylic acids is 1. The molecule has 0 unspecified atom stereocenters. The van der Waals surface area contributed by atoms with Gasteiger partial charge in [-0.05, 0) is 36.2 Å². The molecule has 0 bridgehead atoms. The monoisotopic (exact) mass is 444 g/mol. The number of nitrogens with one attached hydrogen (secondary N) is 1. The minimum absolute atomic E-state index is 0.200. The lowest BCUT2D eigenvalue weighted by molar-refractivity contribution is 0.0955. The van der Waals surface area contributed by atoms with Crippen molar-refractivity contribution in [2.45, 2.75) is 32.6 Å². The Bertz CT molecular complexity index is 1310. The van der Waals surface area contributed by atoms with E-state index < -0.39 is 0 Å². The number of rotatable bonds is 9. The van der Waals surface area contributed by atoms with Gasteiger partial charge in [-0.15, -0.1) is 0 Å². The van der Waals surface area contributed by atoms with Crippen molar-refractivity contribution >= 4 is 40.1 Å². The summed E-state index contributed by atoms with van der Waals surface area (Å²) in [4.78, 5) is 22.5. The third-order valence-corrected chi connectivity index (χ3v) is 5.43. The molecule has 0 aliphatic heterocycles. The average Bonchev–Trinajstić information content (AvgIpc) is 3.11. The number of para-hydroxylation sites is 2. The van der Waals surface area contributed by atoms with Crippen LogP contribution in [-0.4, -0.2) is 40.4 Å². The Morgan fingerprint density at radius 3 is 2.67 bits per heavy atom. The summed E-state index contributed by atoms with van der Waals surface area (Å²) < 4.78 is 6.75. The molecule has 1 amide bonds. The summed E-state index contributed by atoms with van der Waals surface area (Å²) in [5.74, 6) is 0.651. The lowest BCUT2D eigenvalue weighted by Gasteiger charge is -2.05. The second-order valence-corrected chi connectivity index (χ2v) is 7.79. The highest BCUT2D eigenvalue weighted by molar-refractivity contribution is 6.10. The lowest BCUT2D eigenvalue weighted by Crippen LogP contribution is -2.25. The molecule has 3 N–H and O–H groups in total. The Hall–Kier alpha value is -3.94. The molecule has 2 aromatic carbocycles. The van der Waals surface area contributed by atoms with Crippen LogP contribution in [0.25, 0.3) is 22.2 Å². The number of amides is 1. The third-order valence-electron chi connectivity index (χ3n) is 5.43. The van der Waals surface area contributed by atoms with Crippen LogP contribution in [0.4, 0.5) is 5.82 Å². The smallest absolute Gasteiger partial charge is 0.257 e. The fourth-order valence-corrected chi connectivity index (χ4v) is 3.68. The van der Waals surface area contributed by atoms with E-state index in [0.717, 1.165) is 37.0 Å². The molecule has 0 atom stereocenters. The first-order valence-corrected chi connectivity index (χ1v) is 11.2. The maximum atomic E-state index is 13.1. The zero-order valence-corrected chi connectivity index (χ0v) is 18.9. The molecule has 0 saturated carbocycles. The van der Waals surface area contributed by atoms with Gasteiger partial charge in [-0.1, -0.05) is 50.5 Å². The molecule has 4 aromatic rings. The molecule has 0 aliphatic rings. The number of nitrogens with two attached hydrogens (primary N) is 1. The maximum absolute atomic E-state index is 13.1. The molecule has 0 fully saturated rings. The van der Waals surface area contributed by atoms with Crippen molar-refractivity contribution in [1.29, 1.82) is 0 Å². The summed E-state index contributed by atoms with van der Waals surface area (Å²) in [7, 11) is 1.61. The summed E-state index contributed by atoms with van der Waals surface area (Å²) in [5, 5.41) is 7.51. The van der Waals surface area contributed by atoms with E-state index in [9.17, 15) is 4.79 Å². The van der Waals surface area contributed by atoms with E-state index >= 15 is 0 Å². The van der Waals surface area contributed by atoms with E-state index in [4.69, 9.17) is 20.4 Å². The number of aromatic nitrogens is 3. The highest BCUT2D eigenvalue weighted by Crippen LogP contribution is 2.28. The van der Waals surface area contributed by atoms with Gasteiger partial charge in [0.15, 0.2) is 5.65 Å². The normalized spacial score (nSPS) is 11.5. The van der Waals surface area contributed by atoms with Gasteiger partial charge >= 0.3 is 0 Å². The number of methoxy groups -OCH3 is 1. The summed E-state index contributed by atoms with van der Waals surface area (Å²) in [6, 6.07) is 15.0. The van der Waals surface area contributed by atoms with Crippen molar-refractivity contribution in [2.24, 2.45) is 5.10 Å². The first kappa shape index (κ1) is 22.3. The van der Waals surface area contributed by atoms with E-state index in [0.29, 0.717) is 34.3 Å². The van der Waals surface area contributed by atoms with Gasteiger partial charge in [0.1, 0.15) is 22.6 Å². The molecular weight excluding hydrogens is 416 g/mol. The SMILES string of the molecule is CCCCCCNC(=O)c1c(N)n(/N=C/c2cccc(OC)c2)c2nc3ccccc3nc12. The van der Waals surface area contributed by atoms with Crippen LogP contribution in [0, 0.1) is 0 Å². The topological polar surface area (TPSA) is 107 Å². The number of nitrogen functional groups attached to an aromatic ring is 1. The van der Waals surface area contributed by atoms with Crippen LogP contribution in [-0.2, 0) is 0 Å². The van der Waals surface area contributed by atoms with Crippen molar-refractivity contribution in [3.8, 4) is 5.75 Å². The summed E-state index contributed by atoms with van der Waals surface area (Å²) >= 11 is 0. The number of nitrogens with zero attached hydrogens (tertiary/aromatic N) is 4. The molecule has 8 nitrogen and oxygen atoms in total. The Kier molecular flexibility index (Phi) is 6.83. The van der Waals surface area contributed by atoms with Crippen LogP contribution >= 0.6 is 0 Å². The van der Waals surface area contributed by atoms with Crippen LogP contribution in [0.2, 0.25) is 0 Å². The molecule has 33 heavy (non-hydrogen) atoms. The van der Waals surface area contributed by atoms with Crippen molar-refractivity contribution in [3.63, 3.8) is 0 Å². The first-order valence-electron chi connectivity index (χ1n) is 11.2. The standard InChI is InChI=1S/C25H28N6O2/c1-3-4-5-8-14-27-25(32)21-22-24(30-20-13-7-6-12-19(20)29-22)31(23(21)26)28-16-17-10-9-11-18(15-17)33-2/h6-7,9-13,15-16H,3-5,8,14,26H2,1-2H3,(H,27,32)/b28-16+. The maximum Gasteiger partial charge on any atom is 0.257 e. The Morgan fingerprint density at radius 2 is 1.91 bits per heavy atom. The zero-order valence-electron chi connectivity index (χ0n) is 18.9. The number of hydrogen-bond acceptors (Lipinski definition) is 6. The van der Waals surface area contributed by atoms with Crippen LogP contribution in [0.1, 0.15) is 48.5 Å².